The van der Waals surface area contributed by atoms with Crippen molar-refractivity contribution in [2.75, 3.05) is 21.0 Å². The number of aliphatic hydroxyl groups is 1. The van der Waals surface area contributed by atoms with E-state index in [1.807, 2.05) is 42.5 Å². The Labute approximate surface area is 191 Å². The summed E-state index contributed by atoms with van der Waals surface area (Å²) < 4.78 is 15.6. The molecule has 0 unspecified atom stereocenters. The Morgan fingerprint density at radius 2 is 1.53 bits per heavy atom. The lowest BCUT2D eigenvalue weighted by molar-refractivity contribution is -0.0390. The van der Waals surface area contributed by atoms with Gasteiger partial charge >= 0.3 is 0 Å². The number of hydrogen-bond acceptors (Lipinski definition) is 4. The van der Waals surface area contributed by atoms with E-state index in [-0.39, 0.29) is 18.6 Å². The van der Waals surface area contributed by atoms with Gasteiger partial charge in [-0.15, -0.1) is 0 Å². The van der Waals surface area contributed by atoms with Crippen LogP contribution in [0.25, 0.3) is 6.08 Å². The van der Waals surface area contributed by atoms with E-state index < -0.39 is 6.10 Å². The maximum Gasteiger partial charge on any atom is 0.146 e. The van der Waals surface area contributed by atoms with E-state index >= 15 is 0 Å². The summed E-state index contributed by atoms with van der Waals surface area (Å²) >= 11 is 0. The van der Waals surface area contributed by atoms with Crippen LogP contribution in [0.5, 0.6) is 5.75 Å². The largest absolute Gasteiger partial charge is 0.497 e. The smallest absolute Gasteiger partial charge is 0.146 e. The van der Waals surface area contributed by atoms with Crippen LogP contribution in [-0.4, -0.2) is 26.1 Å². The molecule has 0 saturated carbocycles. The van der Waals surface area contributed by atoms with Crippen LogP contribution in [0, 0.1) is 5.92 Å². The van der Waals surface area contributed by atoms with Gasteiger partial charge in [-0.2, -0.15) is 0 Å². The number of benzene rings is 3. The average molecular weight is 433 g/mol. The van der Waals surface area contributed by atoms with E-state index in [0.29, 0.717) is 6.61 Å². The van der Waals surface area contributed by atoms with Crippen molar-refractivity contribution in [1.29, 1.82) is 0 Å². The van der Waals surface area contributed by atoms with Gasteiger partial charge in [0.15, 0.2) is 0 Å². The van der Waals surface area contributed by atoms with Crippen molar-refractivity contribution in [3.63, 3.8) is 0 Å². The molecule has 3 rings (SSSR count). The van der Waals surface area contributed by atoms with Gasteiger partial charge in [0.05, 0.1) is 19.8 Å². The molecule has 0 radical (unpaired) electrons. The Morgan fingerprint density at radius 1 is 0.844 bits per heavy atom. The molecule has 0 aliphatic heterocycles. The lowest BCUT2D eigenvalue weighted by Gasteiger charge is -2.27. The van der Waals surface area contributed by atoms with Gasteiger partial charge in [-0.1, -0.05) is 85.8 Å². The minimum Gasteiger partial charge on any atom is -0.497 e. The first-order valence-electron chi connectivity index (χ1n) is 10.8. The van der Waals surface area contributed by atoms with Gasteiger partial charge in [-0.25, -0.2) is 0 Å². The Morgan fingerprint density at radius 3 is 2.16 bits per heavy atom. The molecule has 4 heteroatoms. The molecule has 4 nitrogen and oxygen atoms in total. The van der Waals surface area contributed by atoms with Crippen LogP contribution >= 0.6 is 0 Å². The molecule has 0 spiro atoms. The van der Waals surface area contributed by atoms with E-state index in [1.165, 1.54) is 5.56 Å². The van der Waals surface area contributed by atoms with E-state index in [2.05, 4.69) is 55.5 Å². The molecule has 0 aliphatic carbocycles. The number of allylic oxidation sites excluding steroid dienone is 1. The van der Waals surface area contributed by atoms with E-state index in [1.54, 1.807) is 14.2 Å². The molecule has 0 heterocycles. The topological polar surface area (TPSA) is 47.9 Å². The van der Waals surface area contributed by atoms with Crippen LogP contribution in [0.4, 0.5) is 0 Å². The van der Waals surface area contributed by atoms with Crippen molar-refractivity contribution in [2.24, 2.45) is 5.92 Å². The van der Waals surface area contributed by atoms with Crippen molar-refractivity contribution in [2.45, 2.75) is 25.6 Å². The van der Waals surface area contributed by atoms with Gasteiger partial charge < -0.3 is 19.3 Å². The SMILES string of the molecule is COCOCc1ccc(/C=C/[C@H](c2ccccc2)[C@H](C)[C@H](O)c2ccc(OC)cc2)cc1. The number of rotatable bonds is 11. The van der Waals surface area contributed by atoms with Gasteiger partial charge in [-0.05, 0) is 40.3 Å². The minimum atomic E-state index is -0.601. The number of ether oxygens (including phenoxy) is 3. The third-order valence-corrected chi connectivity index (χ3v) is 5.65. The van der Waals surface area contributed by atoms with Crippen LogP contribution < -0.4 is 4.74 Å². The molecular weight excluding hydrogens is 400 g/mol. The summed E-state index contributed by atoms with van der Waals surface area (Å²) in [6, 6.07) is 26.2. The molecule has 0 aliphatic rings. The van der Waals surface area contributed by atoms with Crippen LogP contribution in [0.2, 0.25) is 0 Å². The molecule has 1 N–H and O–H groups in total. The fourth-order valence-corrected chi connectivity index (χ4v) is 3.75. The highest BCUT2D eigenvalue weighted by atomic mass is 16.7. The third kappa shape index (κ3) is 6.54. The second-order valence-electron chi connectivity index (χ2n) is 7.87. The fourth-order valence-electron chi connectivity index (χ4n) is 3.75. The fraction of sp³-hybridized carbons (Fsp3) is 0.286. The average Bonchev–Trinajstić information content (AvgIpc) is 2.85. The van der Waals surface area contributed by atoms with Crippen molar-refractivity contribution < 1.29 is 19.3 Å². The van der Waals surface area contributed by atoms with Gasteiger partial charge in [0.25, 0.3) is 0 Å². The lowest BCUT2D eigenvalue weighted by atomic mass is 9.81. The zero-order valence-electron chi connectivity index (χ0n) is 19.0. The summed E-state index contributed by atoms with van der Waals surface area (Å²) in [6.07, 6.45) is 3.70. The first-order valence-corrected chi connectivity index (χ1v) is 10.8. The van der Waals surface area contributed by atoms with E-state index in [0.717, 1.165) is 22.4 Å². The highest BCUT2D eigenvalue weighted by Gasteiger charge is 2.25. The van der Waals surface area contributed by atoms with Crippen molar-refractivity contribution >= 4 is 6.08 Å². The molecule has 0 amide bonds. The summed E-state index contributed by atoms with van der Waals surface area (Å²) in [6.45, 7) is 2.90. The maximum atomic E-state index is 11.1. The van der Waals surface area contributed by atoms with Crippen LogP contribution in [0.15, 0.2) is 84.9 Å². The van der Waals surface area contributed by atoms with Crippen molar-refractivity contribution in [3.05, 3.63) is 107 Å². The zero-order valence-corrected chi connectivity index (χ0v) is 19.0. The van der Waals surface area contributed by atoms with E-state index in [9.17, 15) is 5.11 Å². The molecule has 0 saturated heterocycles. The van der Waals surface area contributed by atoms with Crippen molar-refractivity contribution in [1.82, 2.24) is 0 Å². The zero-order chi connectivity index (χ0) is 22.8. The molecule has 0 bridgehead atoms. The molecule has 3 aromatic carbocycles. The predicted molar refractivity (Wildman–Crippen MR) is 128 cm³/mol. The Balaban J connectivity index is 1.78. The molecule has 32 heavy (non-hydrogen) atoms. The van der Waals surface area contributed by atoms with Crippen LogP contribution in [-0.2, 0) is 16.1 Å². The summed E-state index contributed by atoms with van der Waals surface area (Å²) in [5.41, 5.74) is 4.26. The number of methoxy groups -OCH3 is 2. The first-order chi connectivity index (χ1) is 15.6. The monoisotopic (exact) mass is 432 g/mol. The molecule has 168 valence electrons. The Hall–Kier alpha value is -2.92. The summed E-state index contributed by atoms with van der Waals surface area (Å²) in [4.78, 5) is 0. The summed E-state index contributed by atoms with van der Waals surface area (Å²) in [5.74, 6) is 0.811. The highest BCUT2D eigenvalue weighted by Crippen LogP contribution is 2.36. The minimum absolute atomic E-state index is 0.0243. The second kappa shape index (κ2) is 12.2. The van der Waals surface area contributed by atoms with Gasteiger partial charge in [0, 0.05) is 13.0 Å². The maximum absolute atomic E-state index is 11.1. The van der Waals surface area contributed by atoms with Crippen LogP contribution in [0.1, 0.15) is 41.2 Å². The second-order valence-corrected chi connectivity index (χ2v) is 7.87. The Kier molecular flexibility index (Phi) is 9.05. The normalized spacial score (nSPS) is 14.2. The van der Waals surface area contributed by atoms with Gasteiger partial charge in [0.1, 0.15) is 12.5 Å². The third-order valence-electron chi connectivity index (χ3n) is 5.65. The molecular formula is C28H32O4. The van der Waals surface area contributed by atoms with E-state index in [4.69, 9.17) is 14.2 Å². The van der Waals surface area contributed by atoms with Crippen molar-refractivity contribution in [3.8, 4) is 5.75 Å². The molecule has 0 aromatic heterocycles. The standard InChI is InChI=1S/C28H32O4/c1-21(28(29)25-14-16-26(31-3)17-15-25)27(24-7-5-4-6-8-24)18-13-22-9-11-23(12-10-22)19-32-20-30-2/h4-18,21,27-29H,19-20H2,1-3H3/b18-13+/t21-,27-,28-/m0/s1. The lowest BCUT2D eigenvalue weighted by Crippen LogP contribution is -2.17. The first kappa shape index (κ1) is 23.7. The number of aliphatic hydroxyl groups excluding tert-OH is 1. The number of hydrogen-bond donors (Lipinski definition) is 1. The molecule has 3 aromatic rings. The molecule has 0 fully saturated rings. The van der Waals surface area contributed by atoms with Crippen LogP contribution in [0.3, 0.4) is 0 Å². The molecule has 3 atom stereocenters. The Bertz CT molecular complexity index is 949. The van der Waals surface area contributed by atoms with Gasteiger partial charge in [-0.3, -0.25) is 0 Å². The van der Waals surface area contributed by atoms with Gasteiger partial charge in [0.2, 0.25) is 0 Å². The highest BCUT2D eigenvalue weighted by molar-refractivity contribution is 5.51. The predicted octanol–water partition coefficient (Wildman–Crippen LogP) is 5.98. The quantitative estimate of drug-likeness (QED) is 0.299. The summed E-state index contributed by atoms with van der Waals surface area (Å²) in [5, 5.41) is 11.1. The summed E-state index contributed by atoms with van der Waals surface area (Å²) in [7, 11) is 3.26.